The van der Waals surface area contributed by atoms with E-state index >= 15 is 0 Å². The Morgan fingerprint density at radius 1 is 1.09 bits per heavy atom. The molecule has 2 aromatic carbocycles. The Labute approximate surface area is 199 Å². The Balaban J connectivity index is 1.89. The first kappa shape index (κ1) is 23.2. The number of aromatic nitrogens is 1. The van der Waals surface area contributed by atoms with Crippen molar-refractivity contribution in [2.24, 2.45) is 4.99 Å². The van der Waals surface area contributed by atoms with Crippen molar-refractivity contribution in [2.75, 3.05) is 14.2 Å². The third kappa shape index (κ3) is 4.29. The molecule has 174 valence electrons. The predicted octanol–water partition coefficient (Wildman–Crippen LogP) is 2.34. The third-order valence-corrected chi connectivity index (χ3v) is 6.26. The lowest BCUT2D eigenvalue weighted by atomic mass is 9.96. The van der Waals surface area contributed by atoms with E-state index in [2.05, 4.69) is 4.99 Å². The van der Waals surface area contributed by atoms with Crippen LogP contribution in [0.1, 0.15) is 31.0 Å². The smallest absolute Gasteiger partial charge is 0.338 e. The molecule has 0 fully saturated rings. The van der Waals surface area contributed by atoms with E-state index in [0.717, 1.165) is 5.56 Å². The van der Waals surface area contributed by atoms with Gasteiger partial charge in [0.25, 0.3) is 5.56 Å². The van der Waals surface area contributed by atoms with Gasteiger partial charge in [-0.05, 0) is 36.3 Å². The van der Waals surface area contributed by atoms with Crippen molar-refractivity contribution in [3.8, 4) is 11.5 Å². The number of methoxy groups -OCH3 is 2. The standard InChI is InChI=1S/C25H22N2O6S/c1-14-21(24(30)32-4)22(17-8-6-5-7-9-17)27-23(29)20(34-25(27)26-14)13-16-10-11-18(33-15(2)28)19(12-16)31-3/h5-13,22H,1-4H3/b20-13+/t22-/m0/s1. The van der Waals surface area contributed by atoms with Crippen LogP contribution in [0.25, 0.3) is 6.08 Å². The number of ether oxygens (including phenoxy) is 3. The summed E-state index contributed by atoms with van der Waals surface area (Å²) < 4.78 is 17.4. The van der Waals surface area contributed by atoms with Gasteiger partial charge in [0.2, 0.25) is 0 Å². The molecule has 0 amide bonds. The van der Waals surface area contributed by atoms with Crippen molar-refractivity contribution < 1.29 is 23.8 Å². The summed E-state index contributed by atoms with van der Waals surface area (Å²) in [5.74, 6) is -0.342. The maximum atomic E-state index is 13.5. The summed E-state index contributed by atoms with van der Waals surface area (Å²) in [4.78, 5) is 42.5. The first-order valence-electron chi connectivity index (χ1n) is 10.4. The van der Waals surface area contributed by atoms with Crippen LogP contribution in [0.4, 0.5) is 0 Å². The second-order valence-corrected chi connectivity index (χ2v) is 8.50. The number of hydrogen-bond donors (Lipinski definition) is 0. The van der Waals surface area contributed by atoms with Crippen LogP contribution in [-0.2, 0) is 14.3 Å². The molecule has 1 atom stereocenters. The lowest BCUT2D eigenvalue weighted by Crippen LogP contribution is -2.39. The van der Waals surface area contributed by atoms with Crippen LogP contribution in [0.15, 0.2) is 69.6 Å². The van der Waals surface area contributed by atoms with E-state index in [1.807, 2.05) is 30.3 Å². The summed E-state index contributed by atoms with van der Waals surface area (Å²) in [5, 5.41) is 0. The molecule has 1 aliphatic rings. The summed E-state index contributed by atoms with van der Waals surface area (Å²) in [5.41, 5.74) is 1.99. The normalized spacial score (nSPS) is 15.4. The second kappa shape index (κ2) is 9.48. The fourth-order valence-electron chi connectivity index (χ4n) is 3.81. The Hall–Kier alpha value is -3.98. The molecule has 34 heavy (non-hydrogen) atoms. The lowest BCUT2D eigenvalue weighted by molar-refractivity contribution is -0.136. The van der Waals surface area contributed by atoms with Crippen LogP contribution in [0, 0.1) is 0 Å². The molecule has 8 nitrogen and oxygen atoms in total. The van der Waals surface area contributed by atoms with Crippen LogP contribution in [0.5, 0.6) is 11.5 Å². The van der Waals surface area contributed by atoms with Gasteiger partial charge in [-0.25, -0.2) is 9.79 Å². The van der Waals surface area contributed by atoms with Gasteiger partial charge < -0.3 is 14.2 Å². The van der Waals surface area contributed by atoms with Gasteiger partial charge in [-0.1, -0.05) is 47.7 Å². The molecule has 0 aliphatic carbocycles. The molecule has 0 radical (unpaired) electrons. The third-order valence-electron chi connectivity index (χ3n) is 5.28. The van der Waals surface area contributed by atoms with Crippen molar-refractivity contribution >= 4 is 29.4 Å². The zero-order valence-corrected chi connectivity index (χ0v) is 19.8. The number of rotatable bonds is 5. The van der Waals surface area contributed by atoms with E-state index < -0.39 is 18.0 Å². The monoisotopic (exact) mass is 478 g/mol. The van der Waals surface area contributed by atoms with E-state index in [9.17, 15) is 14.4 Å². The van der Waals surface area contributed by atoms with Crippen LogP contribution in [-0.4, -0.2) is 30.7 Å². The minimum Gasteiger partial charge on any atom is -0.493 e. The van der Waals surface area contributed by atoms with Crippen molar-refractivity contribution in [1.82, 2.24) is 4.57 Å². The van der Waals surface area contributed by atoms with Gasteiger partial charge >= 0.3 is 11.9 Å². The molecule has 1 aromatic heterocycles. The topological polar surface area (TPSA) is 96.2 Å². The summed E-state index contributed by atoms with van der Waals surface area (Å²) in [6.45, 7) is 3.04. The van der Waals surface area contributed by atoms with Gasteiger partial charge in [0.15, 0.2) is 16.3 Å². The van der Waals surface area contributed by atoms with Gasteiger partial charge in [0.05, 0.1) is 36.1 Å². The highest BCUT2D eigenvalue weighted by Gasteiger charge is 2.32. The quantitative estimate of drug-likeness (QED) is 0.413. The average molecular weight is 479 g/mol. The number of esters is 2. The molecule has 0 saturated carbocycles. The maximum absolute atomic E-state index is 13.5. The number of carbonyl (C=O) groups excluding carboxylic acids is 2. The first-order valence-corrected chi connectivity index (χ1v) is 11.2. The van der Waals surface area contributed by atoms with E-state index in [1.165, 1.54) is 37.0 Å². The number of allylic oxidation sites excluding steroid dienone is 1. The fourth-order valence-corrected chi connectivity index (χ4v) is 4.85. The molecule has 2 heterocycles. The van der Waals surface area contributed by atoms with Crippen LogP contribution in [0.2, 0.25) is 0 Å². The van der Waals surface area contributed by atoms with Crippen molar-refractivity contribution in [3.63, 3.8) is 0 Å². The van der Waals surface area contributed by atoms with Crippen molar-refractivity contribution in [3.05, 3.63) is 90.6 Å². The predicted molar refractivity (Wildman–Crippen MR) is 127 cm³/mol. The number of carbonyl (C=O) groups is 2. The number of benzene rings is 2. The largest absolute Gasteiger partial charge is 0.493 e. The maximum Gasteiger partial charge on any atom is 0.338 e. The van der Waals surface area contributed by atoms with Gasteiger partial charge in [-0.2, -0.15) is 0 Å². The second-order valence-electron chi connectivity index (χ2n) is 7.49. The molecule has 0 spiro atoms. The highest BCUT2D eigenvalue weighted by Crippen LogP contribution is 2.31. The van der Waals surface area contributed by atoms with Crippen molar-refractivity contribution in [2.45, 2.75) is 19.9 Å². The van der Waals surface area contributed by atoms with Gasteiger partial charge in [-0.3, -0.25) is 14.2 Å². The van der Waals surface area contributed by atoms with Crippen LogP contribution < -0.4 is 24.4 Å². The van der Waals surface area contributed by atoms with Gasteiger partial charge in [0.1, 0.15) is 0 Å². The first-order chi connectivity index (χ1) is 16.3. The van der Waals surface area contributed by atoms with E-state index in [1.54, 1.807) is 31.2 Å². The SMILES string of the molecule is COC(=O)C1=C(C)N=c2s/c(=C/c3ccc(OC(C)=O)c(OC)c3)c(=O)n2[C@H]1c1ccccc1. The Kier molecular flexibility index (Phi) is 6.47. The minimum absolute atomic E-state index is 0.283. The zero-order chi connectivity index (χ0) is 24.4. The van der Waals surface area contributed by atoms with Gasteiger partial charge in [-0.15, -0.1) is 0 Å². The summed E-state index contributed by atoms with van der Waals surface area (Å²) in [6.07, 6.45) is 1.71. The molecule has 3 aromatic rings. The molecule has 0 saturated heterocycles. The zero-order valence-electron chi connectivity index (χ0n) is 19.0. The number of hydrogen-bond acceptors (Lipinski definition) is 8. The molecule has 4 rings (SSSR count). The fraction of sp³-hybridized carbons (Fsp3) is 0.200. The Bertz CT molecular complexity index is 1480. The van der Waals surface area contributed by atoms with E-state index in [-0.39, 0.29) is 11.3 Å². The van der Waals surface area contributed by atoms with Crippen LogP contribution in [0.3, 0.4) is 0 Å². The highest BCUT2D eigenvalue weighted by atomic mass is 32.1. The molecule has 0 N–H and O–H groups in total. The molecule has 0 unspecified atom stereocenters. The highest BCUT2D eigenvalue weighted by molar-refractivity contribution is 7.07. The summed E-state index contributed by atoms with van der Waals surface area (Å²) in [7, 11) is 2.78. The molecular weight excluding hydrogens is 456 g/mol. The minimum atomic E-state index is -0.659. The van der Waals surface area contributed by atoms with Gasteiger partial charge in [0, 0.05) is 6.92 Å². The van der Waals surface area contributed by atoms with Crippen molar-refractivity contribution in [1.29, 1.82) is 0 Å². The average Bonchev–Trinajstić information content (AvgIpc) is 3.13. The summed E-state index contributed by atoms with van der Waals surface area (Å²) in [6, 6.07) is 13.6. The number of nitrogens with zero attached hydrogens (tertiary/aromatic N) is 2. The molecule has 0 bridgehead atoms. The molecular formula is C25H22N2O6S. The molecule has 1 aliphatic heterocycles. The van der Waals surface area contributed by atoms with E-state index in [0.29, 0.717) is 31.9 Å². The number of fused-ring (bicyclic) bond motifs is 1. The molecule has 9 heteroatoms. The number of thiazole rings is 1. The van der Waals surface area contributed by atoms with Crippen LogP contribution >= 0.6 is 11.3 Å². The lowest BCUT2D eigenvalue weighted by Gasteiger charge is -2.24. The Morgan fingerprint density at radius 3 is 2.47 bits per heavy atom. The Morgan fingerprint density at radius 2 is 1.82 bits per heavy atom. The van der Waals surface area contributed by atoms with E-state index in [4.69, 9.17) is 14.2 Å². The summed E-state index contributed by atoms with van der Waals surface area (Å²) >= 11 is 1.22.